The van der Waals surface area contributed by atoms with Gasteiger partial charge in [0.05, 0.1) is 23.9 Å². The lowest BCUT2D eigenvalue weighted by atomic mass is 9.95. The molecule has 5 heteroatoms. The Morgan fingerprint density at radius 2 is 1.93 bits per heavy atom. The molecule has 1 saturated carbocycles. The highest BCUT2D eigenvalue weighted by Gasteiger charge is 2.32. The molecule has 2 aliphatic rings. The second-order valence-electron chi connectivity index (χ2n) is 8.97. The number of hydrogen-bond donors (Lipinski definition) is 1. The second kappa shape index (κ2) is 6.39. The van der Waals surface area contributed by atoms with Crippen molar-refractivity contribution in [3.8, 4) is 5.75 Å². The number of ether oxygens (including phenoxy) is 1. The zero-order valence-electron chi connectivity index (χ0n) is 16.9. The Morgan fingerprint density at radius 3 is 2.59 bits per heavy atom. The van der Waals surface area contributed by atoms with Gasteiger partial charge in [-0.1, -0.05) is 17.7 Å². The van der Waals surface area contributed by atoms with Gasteiger partial charge in [-0.25, -0.2) is 0 Å². The summed E-state index contributed by atoms with van der Waals surface area (Å²) >= 11 is 0. The molecule has 1 atom stereocenters. The molecule has 1 fully saturated rings. The number of carbonyl (C=O) groups is 1. The molecular formula is C22H29N3O2. The third-order valence-corrected chi connectivity index (χ3v) is 5.37. The number of aromatic nitrogens is 2. The molecule has 0 spiro atoms. The number of carbonyl (C=O) groups excluding carboxylic acids is 1. The van der Waals surface area contributed by atoms with Crippen LogP contribution < -0.4 is 10.1 Å². The third-order valence-electron chi connectivity index (χ3n) is 5.37. The molecule has 0 saturated heterocycles. The largest absolute Gasteiger partial charge is 0.493 e. The summed E-state index contributed by atoms with van der Waals surface area (Å²) in [6.07, 6.45) is 3.13. The first kappa shape index (κ1) is 18.1. The first-order chi connectivity index (χ1) is 12.7. The zero-order chi connectivity index (χ0) is 19.3. The number of aryl methyl sites for hydroxylation is 2. The van der Waals surface area contributed by atoms with Gasteiger partial charge < -0.3 is 10.1 Å². The van der Waals surface area contributed by atoms with Crippen molar-refractivity contribution in [2.24, 2.45) is 0 Å². The second-order valence-corrected chi connectivity index (χ2v) is 8.97. The number of fused-ring (bicyclic) bond motifs is 1. The van der Waals surface area contributed by atoms with Crippen LogP contribution in [0.25, 0.3) is 0 Å². The summed E-state index contributed by atoms with van der Waals surface area (Å²) in [4.78, 5) is 13.2. The van der Waals surface area contributed by atoms with Gasteiger partial charge in [-0.3, -0.25) is 9.48 Å². The summed E-state index contributed by atoms with van der Waals surface area (Å²) < 4.78 is 7.77. The van der Waals surface area contributed by atoms with Crippen molar-refractivity contribution in [3.05, 3.63) is 46.3 Å². The number of nitrogens with one attached hydrogen (secondary N) is 1. The smallest absolute Gasteiger partial charge is 0.270 e. The van der Waals surface area contributed by atoms with Crippen LogP contribution in [-0.4, -0.2) is 22.3 Å². The van der Waals surface area contributed by atoms with Gasteiger partial charge in [-0.15, -0.1) is 0 Å². The van der Waals surface area contributed by atoms with E-state index in [1.807, 2.05) is 10.7 Å². The van der Waals surface area contributed by atoms with E-state index in [1.54, 1.807) is 0 Å². The van der Waals surface area contributed by atoms with E-state index in [-0.39, 0.29) is 17.5 Å². The van der Waals surface area contributed by atoms with Crippen molar-refractivity contribution < 1.29 is 9.53 Å². The predicted molar refractivity (Wildman–Crippen MR) is 105 cm³/mol. The highest BCUT2D eigenvalue weighted by Crippen LogP contribution is 2.40. The summed E-state index contributed by atoms with van der Waals surface area (Å²) in [7, 11) is 0. The minimum atomic E-state index is -0.236. The molecule has 1 aromatic carbocycles. The fourth-order valence-electron chi connectivity index (χ4n) is 3.91. The maximum atomic E-state index is 13.2. The van der Waals surface area contributed by atoms with Crippen molar-refractivity contribution in [3.63, 3.8) is 0 Å². The van der Waals surface area contributed by atoms with Crippen molar-refractivity contribution in [1.29, 1.82) is 0 Å². The number of benzene rings is 1. The lowest BCUT2D eigenvalue weighted by molar-refractivity contribution is 0.0906. The molecule has 27 heavy (non-hydrogen) atoms. The summed E-state index contributed by atoms with van der Waals surface area (Å²) in [5.74, 6) is 1.38. The molecule has 0 radical (unpaired) electrons. The van der Waals surface area contributed by atoms with E-state index in [0.717, 1.165) is 29.0 Å². The average Bonchev–Trinajstić information content (AvgIpc) is 3.32. The van der Waals surface area contributed by atoms with Gasteiger partial charge in [0.2, 0.25) is 0 Å². The Bertz CT molecular complexity index is 888. The molecular weight excluding hydrogens is 338 g/mol. The summed E-state index contributed by atoms with van der Waals surface area (Å²) in [6.45, 7) is 11.0. The molecule has 144 valence electrons. The molecule has 2 aromatic rings. The van der Waals surface area contributed by atoms with Crippen LogP contribution in [0, 0.1) is 13.8 Å². The molecule has 1 aliphatic carbocycles. The SMILES string of the molecule is Cc1cc(C)c2c(c1)C(NC(=O)c1cc(C3CC3)nn1C(C)(C)C)CCO2. The van der Waals surface area contributed by atoms with Gasteiger partial charge in [0.25, 0.3) is 5.91 Å². The van der Waals surface area contributed by atoms with Crippen LogP contribution >= 0.6 is 0 Å². The molecule has 5 nitrogen and oxygen atoms in total. The molecule has 4 rings (SSSR count). The van der Waals surface area contributed by atoms with Gasteiger partial charge in [-0.05, 0) is 59.1 Å². The van der Waals surface area contributed by atoms with Crippen LogP contribution in [0.4, 0.5) is 0 Å². The predicted octanol–water partition coefficient (Wildman–Crippen LogP) is 4.39. The monoisotopic (exact) mass is 367 g/mol. The van der Waals surface area contributed by atoms with E-state index in [0.29, 0.717) is 18.2 Å². The maximum absolute atomic E-state index is 13.2. The van der Waals surface area contributed by atoms with Crippen LogP contribution in [-0.2, 0) is 5.54 Å². The van der Waals surface area contributed by atoms with Gasteiger partial charge in [-0.2, -0.15) is 5.10 Å². The number of hydrogen-bond acceptors (Lipinski definition) is 3. The topological polar surface area (TPSA) is 56.2 Å². The molecule has 1 aromatic heterocycles. The van der Waals surface area contributed by atoms with Gasteiger partial charge in [0.1, 0.15) is 11.4 Å². The molecule has 1 unspecified atom stereocenters. The maximum Gasteiger partial charge on any atom is 0.270 e. The number of rotatable bonds is 3. The Morgan fingerprint density at radius 1 is 1.19 bits per heavy atom. The Balaban J connectivity index is 1.64. The van der Waals surface area contributed by atoms with Crippen molar-refractivity contribution >= 4 is 5.91 Å². The summed E-state index contributed by atoms with van der Waals surface area (Å²) in [5.41, 5.74) is 4.86. The van der Waals surface area contributed by atoms with Crippen molar-refractivity contribution in [1.82, 2.24) is 15.1 Å². The van der Waals surface area contributed by atoms with E-state index >= 15 is 0 Å². The van der Waals surface area contributed by atoms with E-state index < -0.39 is 0 Å². The minimum absolute atomic E-state index is 0.0347. The Hall–Kier alpha value is -2.30. The Kier molecular flexibility index (Phi) is 4.28. The molecule has 0 bridgehead atoms. The van der Waals surface area contributed by atoms with Crippen LogP contribution in [0.2, 0.25) is 0 Å². The quantitative estimate of drug-likeness (QED) is 0.875. The van der Waals surface area contributed by atoms with Gasteiger partial charge >= 0.3 is 0 Å². The fourth-order valence-corrected chi connectivity index (χ4v) is 3.91. The van der Waals surface area contributed by atoms with E-state index in [1.165, 1.54) is 18.4 Å². The highest BCUT2D eigenvalue weighted by atomic mass is 16.5. The fraction of sp³-hybridized carbons (Fsp3) is 0.545. The van der Waals surface area contributed by atoms with Crippen LogP contribution in [0.3, 0.4) is 0 Å². The van der Waals surface area contributed by atoms with Gasteiger partial charge in [0, 0.05) is 17.9 Å². The molecule has 1 amide bonds. The highest BCUT2D eigenvalue weighted by molar-refractivity contribution is 5.93. The van der Waals surface area contributed by atoms with Crippen molar-refractivity contribution in [2.45, 2.75) is 71.4 Å². The summed E-state index contributed by atoms with van der Waals surface area (Å²) in [6, 6.07) is 6.20. The number of amides is 1. The minimum Gasteiger partial charge on any atom is -0.493 e. The average molecular weight is 367 g/mol. The standard InChI is InChI=1S/C22H29N3O2/c1-13-10-14(2)20-16(11-13)17(8-9-27-20)23-21(26)19-12-18(15-6-7-15)24-25(19)22(3,4)5/h10-12,15,17H,6-9H2,1-5H3,(H,23,26). The van der Waals surface area contributed by atoms with Crippen molar-refractivity contribution in [2.75, 3.05) is 6.61 Å². The van der Waals surface area contributed by atoms with E-state index in [4.69, 9.17) is 9.84 Å². The van der Waals surface area contributed by atoms with Gasteiger partial charge in [0.15, 0.2) is 0 Å². The lowest BCUT2D eigenvalue weighted by Gasteiger charge is -2.29. The lowest BCUT2D eigenvalue weighted by Crippen LogP contribution is -2.36. The van der Waals surface area contributed by atoms with Crippen LogP contribution in [0.15, 0.2) is 18.2 Å². The molecule has 1 aliphatic heterocycles. The first-order valence-corrected chi connectivity index (χ1v) is 9.89. The molecule has 1 N–H and O–H groups in total. The van der Waals surface area contributed by atoms with Crippen LogP contribution in [0.5, 0.6) is 5.75 Å². The molecule has 2 heterocycles. The Labute approximate surface area is 161 Å². The van der Waals surface area contributed by atoms with E-state index in [9.17, 15) is 4.79 Å². The third kappa shape index (κ3) is 3.47. The van der Waals surface area contributed by atoms with Crippen LogP contribution in [0.1, 0.15) is 84.9 Å². The number of nitrogens with zero attached hydrogens (tertiary/aromatic N) is 2. The van der Waals surface area contributed by atoms with E-state index in [2.05, 4.69) is 52.1 Å². The normalized spacial score (nSPS) is 19.4. The first-order valence-electron chi connectivity index (χ1n) is 9.89. The zero-order valence-corrected chi connectivity index (χ0v) is 16.9. The summed E-state index contributed by atoms with van der Waals surface area (Å²) in [5, 5.41) is 8.01.